The number of imidazole rings is 1. The number of carbonyl (C=O) groups is 1. The number of aromatic nitrogens is 2. The molecule has 1 atom stereocenters. The molecule has 5 aromatic rings. The highest BCUT2D eigenvalue weighted by atomic mass is 19.4. The highest BCUT2D eigenvalue weighted by Gasteiger charge is 2.65. The van der Waals surface area contributed by atoms with Crippen LogP contribution in [0.4, 0.5) is 18.9 Å². The van der Waals surface area contributed by atoms with Crippen molar-refractivity contribution in [3.8, 4) is 11.4 Å². The number of halogens is 3. The molecule has 0 aliphatic carbocycles. The van der Waals surface area contributed by atoms with Crippen LogP contribution < -0.4 is 5.32 Å². The molecule has 1 aromatic heterocycles. The number of nitrogens with one attached hydrogen (secondary N) is 1. The van der Waals surface area contributed by atoms with Gasteiger partial charge in [-0.2, -0.15) is 13.2 Å². The third-order valence-electron chi connectivity index (χ3n) is 6.11. The van der Waals surface area contributed by atoms with Gasteiger partial charge in [0.2, 0.25) is 5.78 Å². The SMILES string of the molecule is O=C1c2ccccc2-c2nc3cc4ccccc4cc3n2C1(Nc1ccccc1)C(F)(F)F. The van der Waals surface area contributed by atoms with Gasteiger partial charge >= 0.3 is 6.18 Å². The van der Waals surface area contributed by atoms with Crippen molar-refractivity contribution < 1.29 is 18.0 Å². The molecule has 6 rings (SSSR count). The molecular formula is C26H16F3N3O. The smallest absolute Gasteiger partial charge is 0.348 e. The summed E-state index contributed by atoms with van der Waals surface area (Å²) in [7, 11) is 0. The van der Waals surface area contributed by atoms with Crippen LogP contribution in [-0.2, 0) is 5.66 Å². The second-order valence-corrected chi connectivity index (χ2v) is 8.03. The summed E-state index contributed by atoms with van der Waals surface area (Å²) >= 11 is 0. The van der Waals surface area contributed by atoms with Gasteiger partial charge in [0.05, 0.1) is 11.0 Å². The third-order valence-corrected chi connectivity index (χ3v) is 6.11. The number of hydrogen-bond acceptors (Lipinski definition) is 3. The molecular weight excluding hydrogens is 427 g/mol. The molecule has 0 bridgehead atoms. The van der Waals surface area contributed by atoms with Gasteiger partial charge in [0.15, 0.2) is 0 Å². The van der Waals surface area contributed by atoms with Gasteiger partial charge in [-0.25, -0.2) is 4.98 Å². The number of carbonyl (C=O) groups excluding carboxylic acids is 1. The maximum atomic E-state index is 15.1. The van der Waals surface area contributed by atoms with Gasteiger partial charge < -0.3 is 5.32 Å². The lowest BCUT2D eigenvalue weighted by Crippen LogP contribution is -2.61. The predicted molar refractivity (Wildman–Crippen MR) is 121 cm³/mol. The zero-order chi connectivity index (χ0) is 22.8. The van der Waals surface area contributed by atoms with E-state index in [1.165, 1.54) is 18.2 Å². The normalized spacial score (nSPS) is 17.7. The first kappa shape index (κ1) is 19.5. The van der Waals surface area contributed by atoms with E-state index in [4.69, 9.17) is 0 Å². The van der Waals surface area contributed by atoms with Crippen molar-refractivity contribution in [1.29, 1.82) is 0 Å². The molecule has 0 radical (unpaired) electrons. The quantitative estimate of drug-likeness (QED) is 0.344. The second-order valence-electron chi connectivity index (χ2n) is 8.03. The topological polar surface area (TPSA) is 46.9 Å². The van der Waals surface area contributed by atoms with E-state index in [1.807, 2.05) is 24.3 Å². The van der Waals surface area contributed by atoms with E-state index in [0.717, 1.165) is 15.3 Å². The van der Waals surface area contributed by atoms with Crippen molar-refractivity contribution in [2.45, 2.75) is 11.8 Å². The first-order chi connectivity index (χ1) is 15.9. The number of rotatable bonds is 2. The Hall–Kier alpha value is -4.13. The lowest BCUT2D eigenvalue weighted by atomic mass is 9.88. The van der Waals surface area contributed by atoms with Gasteiger partial charge in [-0.05, 0) is 35.0 Å². The van der Waals surface area contributed by atoms with Crippen LogP contribution in [0.15, 0.2) is 91.0 Å². The fourth-order valence-electron chi connectivity index (χ4n) is 4.63. The van der Waals surface area contributed by atoms with Gasteiger partial charge in [0, 0.05) is 16.8 Å². The molecule has 0 saturated heterocycles. The van der Waals surface area contributed by atoms with Crippen molar-refractivity contribution in [3.63, 3.8) is 0 Å². The van der Waals surface area contributed by atoms with Gasteiger partial charge in [-0.1, -0.05) is 66.7 Å². The number of ketones is 1. The molecule has 162 valence electrons. The monoisotopic (exact) mass is 443 g/mol. The molecule has 0 amide bonds. The number of hydrogen-bond donors (Lipinski definition) is 1. The summed E-state index contributed by atoms with van der Waals surface area (Å²) < 4.78 is 46.3. The fourth-order valence-corrected chi connectivity index (χ4v) is 4.63. The van der Waals surface area contributed by atoms with Crippen LogP contribution in [0.3, 0.4) is 0 Å². The number of Topliss-reactive ketones (excluding diaryl/α,β-unsaturated/α-hetero) is 1. The van der Waals surface area contributed by atoms with E-state index in [-0.39, 0.29) is 22.6 Å². The summed E-state index contributed by atoms with van der Waals surface area (Å²) in [6.45, 7) is 0. The van der Waals surface area contributed by atoms with E-state index in [9.17, 15) is 4.79 Å². The van der Waals surface area contributed by atoms with Crippen molar-refractivity contribution in [3.05, 3.63) is 96.6 Å². The first-order valence-electron chi connectivity index (χ1n) is 10.4. The van der Waals surface area contributed by atoms with Crippen LogP contribution >= 0.6 is 0 Å². The van der Waals surface area contributed by atoms with Crippen LogP contribution in [0, 0.1) is 0 Å². The molecule has 1 aliphatic heterocycles. The molecule has 1 N–H and O–H groups in total. The Morgan fingerprint density at radius 3 is 2.09 bits per heavy atom. The summed E-state index contributed by atoms with van der Waals surface area (Å²) in [4.78, 5) is 18.3. The molecule has 1 unspecified atom stereocenters. The largest absolute Gasteiger partial charge is 0.438 e. The predicted octanol–water partition coefficient (Wildman–Crippen LogP) is 6.38. The minimum absolute atomic E-state index is 0.0226. The minimum Gasteiger partial charge on any atom is -0.348 e. The van der Waals surface area contributed by atoms with E-state index >= 15 is 13.2 Å². The summed E-state index contributed by atoms with van der Waals surface area (Å²) in [5.74, 6) is -0.981. The van der Waals surface area contributed by atoms with E-state index in [2.05, 4.69) is 10.3 Å². The van der Waals surface area contributed by atoms with Gasteiger partial charge in [-0.3, -0.25) is 9.36 Å². The molecule has 2 heterocycles. The van der Waals surface area contributed by atoms with Crippen LogP contribution in [0.25, 0.3) is 33.2 Å². The van der Waals surface area contributed by atoms with E-state index < -0.39 is 17.6 Å². The number of anilines is 1. The standard InChI is InChI=1S/C26H16F3N3O/c27-26(28,29)25(31-18-10-2-1-3-11-18)23(33)19-12-6-7-13-20(19)24-30-21-14-16-8-4-5-9-17(16)15-22(21)32(24)25/h1-15,31H. The Morgan fingerprint density at radius 1 is 0.788 bits per heavy atom. The maximum Gasteiger partial charge on any atom is 0.438 e. The summed E-state index contributed by atoms with van der Waals surface area (Å²) in [5, 5.41) is 4.17. The van der Waals surface area contributed by atoms with Crippen molar-refractivity contribution in [2.24, 2.45) is 0 Å². The van der Waals surface area contributed by atoms with E-state index in [1.54, 1.807) is 48.5 Å². The maximum absolute atomic E-state index is 15.1. The van der Waals surface area contributed by atoms with Crippen LogP contribution in [0.2, 0.25) is 0 Å². The van der Waals surface area contributed by atoms with Gasteiger partial charge in [-0.15, -0.1) is 0 Å². The number of nitrogens with zero attached hydrogens (tertiary/aromatic N) is 2. The Bertz CT molecular complexity index is 1560. The Morgan fingerprint density at radius 2 is 1.39 bits per heavy atom. The number of alkyl halides is 3. The number of fused-ring (bicyclic) bond motifs is 6. The molecule has 0 saturated carbocycles. The van der Waals surface area contributed by atoms with Crippen LogP contribution in [0.5, 0.6) is 0 Å². The Balaban J connectivity index is 1.77. The molecule has 4 aromatic carbocycles. The van der Waals surface area contributed by atoms with Gasteiger partial charge in [0.25, 0.3) is 5.66 Å². The molecule has 7 heteroatoms. The minimum atomic E-state index is -4.97. The zero-order valence-electron chi connectivity index (χ0n) is 17.1. The second kappa shape index (κ2) is 6.68. The summed E-state index contributed by atoms with van der Waals surface area (Å²) in [6.07, 6.45) is -4.97. The number of para-hydroxylation sites is 1. The molecule has 0 spiro atoms. The van der Waals surface area contributed by atoms with Crippen molar-refractivity contribution in [2.75, 3.05) is 5.32 Å². The number of benzene rings is 4. The molecule has 4 nitrogen and oxygen atoms in total. The highest BCUT2D eigenvalue weighted by Crippen LogP contribution is 2.49. The van der Waals surface area contributed by atoms with E-state index in [0.29, 0.717) is 11.1 Å². The van der Waals surface area contributed by atoms with Gasteiger partial charge in [0.1, 0.15) is 5.82 Å². The fraction of sp³-hybridized carbons (Fsp3) is 0.0769. The highest BCUT2D eigenvalue weighted by molar-refractivity contribution is 6.12. The third kappa shape index (κ3) is 2.65. The summed E-state index contributed by atoms with van der Waals surface area (Å²) in [6, 6.07) is 25.1. The molecule has 33 heavy (non-hydrogen) atoms. The Labute approximate surface area is 186 Å². The lowest BCUT2D eigenvalue weighted by molar-refractivity contribution is -0.186. The lowest BCUT2D eigenvalue weighted by Gasteiger charge is -2.41. The molecule has 1 aliphatic rings. The van der Waals surface area contributed by atoms with Crippen molar-refractivity contribution in [1.82, 2.24) is 9.55 Å². The van der Waals surface area contributed by atoms with Crippen LogP contribution in [0.1, 0.15) is 10.4 Å². The summed E-state index contributed by atoms with van der Waals surface area (Å²) in [5.41, 5.74) is -1.92. The average Bonchev–Trinajstić information content (AvgIpc) is 3.19. The first-order valence-corrected chi connectivity index (χ1v) is 10.4. The Kier molecular flexibility index (Phi) is 3.96. The molecule has 0 fully saturated rings. The van der Waals surface area contributed by atoms with Crippen LogP contribution in [-0.4, -0.2) is 21.5 Å². The average molecular weight is 443 g/mol. The zero-order valence-corrected chi connectivity index (χ0v) is 17.1. The van der Waals surface area contributed by atoms with Crippen molar-refractivity contribution >= 4 is 33.3 Å².